The summed E-state index contributed by atoms with van der Waals surface area (Å²) in [5, 5.41) is 15.7. The average Bonchev–Trinajstić information content (AvgIpc) is 3.54. The van der Waals surface area contributed by atoms with Crippen LogP contribution >= 0.6 is 11.6 Å². The van der Waals surface area contributed by atoms with Crippen molar-refractivity contribution in [3.05, 3.63) is 29.3 Å². The van der Waals surface area contributed by atoms with Crippen molar-refractivity contribution in [2.24, 2.45) is 11.3 Å². The minimum absolute atomic E-state index is 0.0842. The molecule has 2 heterocycles. The van der Waals surface area contributed by atoms with Crippen molar-refractivity contribution in [2.45, 2.75) is 96.3 Å². The number of hydrogen-bond acceptors (Lipinski definition) is 8. The summed E-state index contributed by atoms with van der Waals surface area (Å²) in [5.41, 5.74) is -5.05. The number of alkyl halides is 3. The second kappa shape index (κ2) is 13.1. The molecule has 0 radical (unpaired) electrons. The van der Waals surface area contributed by atoms with Crippen molar-refractivity contribution in [2.75, 3.05) is 13.7 Å². The van der Waals surface area contributed by atoms with Crippen LogP contribution in [-0.4, -0.2) is 88.0 Å². The SMILES string of the molecule is CCC1CC1(NC(=O)C1CC(Oc2cc(OC)nc3c(Cl)cccc23)CN1C(=O)C(NC(=O)OC(C)(C)C(F)(F)F)C(C)(C)C)C(=O)O. The molecule has 5 atom stereocenters. The molecule has 0 bridgehead atoms. The van der Waals surface area contributed by atoms with E-state index in [1.54, 1.807) is 45.9 Å². The summed E-state index contributed by atoms with van der Waals surface area (Å²) in [6.45, 7) is 7.70. The first-order valence-electron chi connectivity index (χ1n) is 15.4. The minimum atomic E-state index is -4.89. The molecule has 2 fully saturated rings. The van der Waals surface area contributed by atoms with E-state index in [0.717, 1.165) is 4.90 Å². The number of amides is 3. The van der Waals surface area contributed by atoms with E-state index in [-0.39, 0.29) is 36.9 Å². The average molecular weight is 701 g/mol. The predicted molar refractivity (Wildman–Crippen MR) is 168 cm³/mol. The van der Waals surface area contributed by atoms with E-state index >= 15 is 0 Å². The van der Waals surface area contributed by atoms with Crippen LogP contribution in [0, 0.1) is 11.3 Å². The molecule has 4 rings (SSSR count). The molecule has 1 aliphatic carbocycles. The van der Waals surface area contributed by atoms with E-state index in [4.69, 9.17) is 21.1 Å². The van der Waals surface area contributed by atoms with Crippen LogP contribution in [0.5, 0.6) is 11.6 Å². The maximum atomic E-state index is 14.2. The number of rotatable bonds is 10. The van der Waals surface area contributed by atoms with Gasteiger partial charge in [-0.2, -0.15) is 13.2 Å². The number of fused-ring (bicyclic) bond motifs is 1. The molecule has 16 heteroatoms. The van der Waals surface area contributed by atoms with Crippen LogP contribution in [0.3, 0.4) is 0 Å². The number of benzene rings is 1. The van der Waals surface area contributed by atoms with Gasteiger partial charge in [0.15, 0.2) is 0 Å². The lowest BCUT2D eigenvalue weighted by atomic mass is 9.85. The number of carbonyl (C=O) groups is 4. The van der Waals surface area contributed by atoms with Crippen molar-refractivity contribution >= 4 is 46.4 Å². The lowest BCUT2D eigenvalue weighted by Crippen LogP contribution is -2.60. The van der Waals surface area contributed by atoms with Crippen LogP contribution in [0.15, 0.2) is 24.3 Å². The zero-order valence-corrected chi connectivity index (χ0v) is 28.4. The van der Waals surface area contributed by atoms with Crippen LogP contribution in [0.25, 0.3) is 10.9 Å². The third kappa shape index (κ3) is 7.35. The van der Waals surface area contributed by atoms with Crippen LogP contribution in [-0.2, 0) is 19.1 Å². The molecule has 0 spiro atoms. The maximum Gasteiger partial charge on any atom is 0.427 e. The highest BCUT2D eigenvalue weighted by atomic mass is 35.5. The summed E-state index contributed by atoms with van der Waals surface area (Å²) in [7, 11) is 1.41. The monoisotopic (exact) mass is 700 g/mol. The Morgan fingerprint density at radius 3 is 2.38 bits per heavy atom. The molecule has 48 heavy (non-hydrogen) atoms. The largest absolute Gasteiger partial charge is 0.488 e. The molecule has 1 aromatic carbocycles. The molecule has 3 amide bonds. The van der Waals surface area contributed by atoms with E-state index in [1.165, 1.54) is 13.2 Å². The number of nitrogens with one attached hydrogen (secondary N) is 2. The molecule has 1 saturated carbocycles. The number of ether oxygens (including phenoxy) is 3. The van der Waals surface area contributed by atoms with E-state index in [9.17, 15) is 37.5 Å². The van der Waals surface area contributed by atoms with Crippen LogP contribution in [0.1, 0.15) is 60.8 Å². The molecule has 1 aromatic heterocycles. The smallest absolute Gasteiger partial charge is 0.427 e. The molecule has 1 aliphatic heterocycles. The van der Waals surface area contributed by atoms with E-state index in [1.807, 2.05) is 0 Å². The molecule has 3 N–H and O–H groups in total. The molecular weight excluding hydrogens is 661 g/mol. The Morgan fingerprint density at radius 2 is 1.83 bits per heavy atom. The number of alkyl carbamates (subject to hydrolysis) is 1. The third-order valence-electron chi connectivity index (χ3n) is 8.81. The van der Waals surface area contributed by atoms with E-state index < -0.39 is 64.8 Å². The van der Waals surface area contributed by atoms with Crippen molar-refractivity contribution in [1.29, 1.82) is 0 Å². The van der Waals surface area contributed by atoms with Gasteiger partial charge in [-0.15, -0.1) is 0 Å². The lowest BCUT2D eigenvalue weighted by molar-refractivity contribution is -0.244. The Hall–Kier alpha value is -4.01. The molecule has 5 unspecified atom stereocenters. The van der Waals surface area contributed by atoms with Gasteiger partial charge in [0.25, 0.3) is 0 Å². The Balaban J connectivity index is 1.68. The Morgan fingerprint density at radius 1 is 1.17 bits per heavy atom. The number of aromatic nitrogens is 1. The van der Waals surface area contributed by atoms with Gasteiger partial charge in [0.1, 0.15) is 29.5 Å². The van der Waals surface area contributed by atoms with Crippen molar-refractivity contribution in [3.63, 3.8) is 0 Å². The van der Waals surface area contributed by atoms with E-state index in [2.05, 4.69) is 20.4 Å². The van der Waals surface area contributed by atoms with Crippen molar-refractivity contribution in [3.8, 4) is 11.6 Å². The first-order valence-corrected chi connectivity index (χ1v) is 15.7. The Labute approximate surface area is 280 Å². The summed E-state index contributed by atoms with van der Waals surface area (Å²) in [4.78, 5) is 58.5. The Bertz CT molecular complexity index is 1600. The number of likely N-dealkylation sites (tertiary alicyclic amines) is 1. The highest BCUT2D eigenvalue weighted by molar-refractivity contribution is 6.35. The number of para-hydroxylation sites is 1. The van der Waals surface area contributed by atoms with Gasteiger partial charge in [-0.25, -0.2) is 14.6 Å². The standard InChI is InChI=1S/C32H40ClF3N4O8/c1-8-16-14-31(16,27(43)44)39-25(41)20-12-17(47-21-13-22(46-7)37-23-18(21)10-9-11-19(23)33)15-40(20)26(42)24(29(2,3)4)38-28(45)48-30(5,6)32(34,35)36/h9-11,13,16-17,20,24H,8,12,14-15H2,1-7H3,(H,38,45)(H,39,41)(H,43,44). The number of hydrogen-bond donors (Lipinski definition) is 3. The first kappa shape index (κ1) is 36.8. The van der Waals surface area contributed by atoms with Crippen LogP contribution in [0.2, 0.25) is 5.02 Å². The van der Waals surface area contributed by atoms with Gasteiger partial charge in [-0.05, 0) is 43.7 Å². The molecule has 2 aromatic rings. The zero-order valence-electron chi connectivity index (χ0n) is 27.7. The number of nitrogens with zero attached hydrogens (tertiary/aromatic N) is 2. The first-order chi connectivity index (χ1) is 22.1. The van der Waals surface area contributed by atoms with Gasteiger partial charge in [-0.1, -0.05) is 51.8 Å². The van der Waals surface area contributed by atoms with Gasteiger partial charge in [-0.3, -0.25) is 9.59 Å². The number of pyridine rings is 1. The quantitative estimate of drug-likeness (QED) is 0.307. The maximum absolute atomic E-state index is 14.2. The highest BCUT2D eigenvalue weighted by Gasteiger charge is 2.61. The fraction of sp³-hybridized carbons (Fsp3) is 0.594. The number of halogens is 4. The fourth-order valence-electron chi connectivity index (χ4n) is 5.76. The molecule has 2 aliphatic rings. The van der Waals surface area contributed by atoms with Gasteiger partial charge in [0.2, 0.25) is 23.3 Å². The van der Waals surface area contributed by atoms with Crippen molar-refractivity contribution < 1.29 is 51.7 Å². The lowest BCUT2D eigenvalue weighted by Gasteiger charge is -2.36. The molecule has 12 nitrogen and oxygen atoms in total. The zero-order chi connectivity index (χ0) is 36.0. The molecule has 1 saturated heterocycles. The second-order valence-corrected chi connectivity index (χ2v) is 14.1. The number of carboxylic acid groups (broad SMARTS) is 1. The summed E-state index contributed by atoms with van der Waals surface area (Å²) in [6.07, 6.45) is -6.59. The number of carboxylic acids is 1. The van der Waals surface area contributed by atoms with Crippen molar-refractivity contribution in [1.82, 2.24) is 20.5 Å². The summed E-state index contributed by atoms with van der Waals surface area (Å²) in [5.74, 6) is -2.60. The number of aliphatic carboxylic acids is 1. The fourth-order valence-corrected chi connectivity index (χ4v) is 5.98. The van der Waals surface area contributed by atoms with E-state index in [0.29, 0.717) is 36.2 Å². The van der Waals surface area contributed by atoms with Gasteiger partial charge >= 0.3 is 18.2 Å². The minimum Gasteiger partial charge on any atom is -0.488 e. The number of carbonyl (C=O) groups excluding carboxylic acids is 3. The summed E-state index contributed by atoms with van der Waals surface area (Å²) in [6, 6.07) is 3.84. The van der Waals surface area contributed by atoms with Gasteiger partial charge in [0.05, 0.1) is 24.2 Å². The Kier molecular flexibility index (Phi) is 10.1. The normalized spacial score (nSPS) is 23.3. The summed E-state index contributed by atoms with van der Waals surface area (Å²) >= 11 is 6.37. The van der Waals surface area contributed by atoms with Crippen LogP contribution < -0.4 is 20.1 Å². The topological polar surface area (TPSA) is 156 Å². The third-order valence-corrected chi connectivity index (χ3v) is 9.12. The predicted octanol–water partition coefficient (Wildman–Crippen LogP) is 5.10. The summed E-state index contributed by atoms with van der Waals surface area (Å²) < 4.78 is 56.7. The highest BCUT2D eigenvalue weighted by Crippen LogP contribution is 2.46. The van der Waals surface area contributed by atoms with Gasteiger partial charge < -0.3 is 34.9 Å². The van der Waals surface area contributed by atoms with Crippen LogP contribution in [0.4, 0.5) is 18.0 Å². The molecular formula is C32H40ClF3N4O8. The molecule has 264 valence electrons. The number of methoxy groups -OCH3 is 1. The van der Waals surface area contributed by atoms with Gasteiger partial charge in [0, 0.05) is 17.9 Å². The second-order valence-electron chi connectivity index (χ2n) is 13.7.